The minimum Gasteiger partial charge on any atom is -0.379 e. The van der Waals surface area contributed by atoms with Crippen LogP contribution < -0.4 is 16.2 Å². The Balaban J connectivity index is 1.31. The number of benzene rings is 1. The molecule has 6 saturated carbocycles. The van der Waals surface area contributed by atoms with Crippen LogP contribution in [0, 0.1) is 17.2 Å². The molecule has 8 rings (SSSR count). The predicted octanol–water partition coefficient (Wildman–Crippen LogP) is 5.37. The zero-order valence-corrected chi connectivity index (χ0v) is 19.9. The Morgan fingerprint density at radius 2 is 1.79 bits per heavy atom. The molecule has 6 fully saturated rings. The van der Waals surface area contributed by atoms with Gasteiger partial charge in [0.25, 0.3) is 11.5 Å². The van der Waals surface area contributed by atoms with Gasteiger partial charge in [0.15, 0.2) is 0 Å². The quantitative estimate of drug-likeness (QED) is 0.575. The second-order valence-electron chi connectivity index (χ2n) is 11.8. The summed E-state index contributed by atoms with van der Waals surface area (Å²) in [4.78, 5) is 26.5. The normalized spacial score (nSPS) is 34.0. The summed E-state index contributed by atoms with van der Waals surface area (Å²) >= 11 is 0. The number of carbonyl (C=O) groups excluding carboxylic acids is 1. The van der Waals surface area contributed by atoms with Crippen LogP contribution in [-0.2, 0) is 5.54 Å². The van der Waals surface area contributed by atoms with Crippen LogP contribution in [0.25, 0.3) is 0 Å². The van der Waals surface area contributed by atoms with Crippen LogP contribution in [0.5, 0.6) is 0 Å². The first-order valence-electron chi connectivity index (χ1n) is 12.3. The van der Waals surface area contributed by atoms with Crippen molar-refractivity contribution >= 4 is 11.6 Å². The molecule has 34 heavy (non-hydrogen) atoms. The predicted molar refractivity (Wildman–Crippen MR) is 126 cm³/mol. The maximum atomic E-state index is 14.9. The lowest BCUT2D eigenvalue weighted by atomic mass is 9.40. The van der Waals surface area contributed by atoms with Gasteiger partial charge >= 0.3 is 0 Å². The molecule has 6 aliphatic rings. The molecule has 0 aliphatic heterocycles. The first kappa shape index (κ1) is 21.8. The first-order chi connectivity index (χ1) is 16.0. The molecule has 6 aliphatic carbocycles. The molecule has 5 nitrogen and oxygen atoms in total. The van der Waals surface area contributed by atoms with E-state index in [1.165, 1.54) is 13.0 Å². The van der Waals surface area contributed by atoms with Crippen molar-refractivity contribution < 1.29 is 13.6 Å². The average molecular weight is 468 g/mol. The molecule has 1 amide bonds. The van der Waals surface area contributed by atoms with Crippen molar-refractivity contribution in [1.29, 1.82) is 0 Å². The lowest BCUT2D eigenvalue weighted by Crippen LogP contribution is -2.69. The minimum absolute atomic E-state index is 0.0183. The summed E-state index contributed by atoms with van der Waals surface area (Å²) in [6.07, 6.45) is 6.32. The maximum absolute atomic E-state index is 14.9. The zero-order valence-electron chi connectivity index (χ0n) is 19.9. The molecule has 1 aromatic carbocycles. The van der Waals surface area contributed by atoms with Gasteiger partial charge in [-0.15, -0.1) is 0 Å². The number of rotatable bonds is 7. The summed E-state index contributed by atoms with van der Waals surface area (Å²) in [5.74, 6) is -0.312. The lowest BCUT2D eigenvalue weighted by molar-refractivity contribution is -0.0999. The zero-order chi connectivity index (χ0) is 24.0. The Hall–Kier alpha value is -2.70. The van der Waals surface area contributed by atoms with Crippen LogP contribution in [0.3, 0.4) is 0 Å². The molecule has 0 spiro atoms. The summed E-state index contributed by atoms with van der Waals surface area (Å²) in [6, 6.07) is 5.49. The Kier molecular flexibility index (Phi) is 4.44. The molecule has 2 atom stereocenters. The Bertz CT molecular complexity index is 1230. The number of hydrogen-bond donors (Lipinski definition) is 2. The maximum Gasteiger partial charge on any atom is 0.255 e. The van der Waals surface area contributed by atoms with Crippen LogP contribution in [0.15, 0.2) is 35.3 Å². The van der Waals surface area contributed by atoms with E-state index < -0.39 is 18.0 Å². The van der Waals surface area contributed by atoms with Gasteiger partial charge in [0.2, 0.25) is 0 Å². The van der Waals surface area contributed by atoms with Crippen LogP contribution in [0.1, 0.15) is 93.0 Å². The van der Waals surface area contributed by atoms with E-state index in [4.69, 9.17) is 0 Å². The number of hydrogen-bond acceptors (Lipinski definition) is 3. The molecule has 2 aromatic rings. The van der Waals surface area contributed by atoms with E-state index in [-0.39, 0.29) is 33.7 Å². The van der Waals surface area contributed by atoms with Crippen molar-refractivity contribution in [3.8, 4) is 0 Å². The number of anilines is 1. The van der Waals surface area contributed by atoms with Crippen molar-refractivity contribution in [1.82, 2.24) is 9.88 Å². The second-order valence-corrected chi connectivity index (χ2v) is 11.8. The van der Waals surface area contributed by atoms with Crippen LogP contribution >= 0.6 is 0 Å². The summed E-state index contributed by atoms with van der Waals surface area (Å²) in [6.45, 7) is 5.24. The number of pyridine rings is 1. The fraction of sp³-hybridized carbons (Fsp3) is 0.556. The summed E-state index contributed by atoms with van der Waals surface area (Å²) in [5, 5.41) is 6.41. The number of aromatic nitrogens is 1. The summed E-state index contributed by atoms with van der Waals surface area (Å²) < 4.78 is 30.5. The van der Waals surface area contributed by atoms with Gasteiger partial charge in [0.05, 0.1) is 17.3 Å². The molecule has 2 N–H and O–H groups in total. The highest BCUT2D eigenvalue weighted by molar-refractivity contribution is 5.99. The third kappa shape index (κ3) is 3.08. The molecular weight excluding hydrogens is 436 g/mol. The monoisotopic (exact) mass is 467 g/mol. The van der Waals surface area contributed by atoms with E-state index in [2.05, 4.69) is 17.6 Å². The van der Waals surface area contributed by atoms with E-state index in [0.29, 0.717) is 22.6 Å². The van der Waals surface area contributed by atoms with Crippen LogP contribution in [0.2, 0.25) is 0 Å². The van der Waals surface area contributed by atoms with Gasteiger partial charge in [-0.1, -0.05) is 25.1 Å². The Morgan fingerprint density at radius 3 is 2.35 bits per heavy atom. The fourth-order valence-electron chi connectivity index (χ4n) is 7.19. The summed E-state index contributed by atoms with van der Waals surface area (Å²) in [7, 11) is 0. The van der Waals surface area contributed by atoms with Crippen molar-refractivity contribution in [2.75, 3.05) is 5.32 Å². The smallest absolute Gasteiger partial charge is 0.255 e. The highest BCUT2D eigenvalue weighted by atomic mass is 19.1. The van der Waals surface area contributed by atoms with Gasteiger partial charge < -0.3 is 15.2 Å². The standard InChI is InChI=1S/C27H31F2N3O2/c1-15(28)18-5-4-6-19(23(18)29)16(2)30-24(34)20-11-32(27-8-17(9-27)10-27)22(33)7-21(20)31-26-12-25(3,13-26)14-26/h4-7,11,15-17,31H,8-10,12-14H2,1-3H3,(H,30,34)/t15?,16-,17?,25?,26?,27?/m1/s1. The van der Waals surface area contributed by atoms with E-state index in [9.17, 15) is 18.4 Å². The molecule has 1 aromatic heterocycles. The number of amides is 1. The molecule has 180 valence electrons. The third-order valence-electron chi connectivity index (χ3n) is 8.81. The SMILES string of the molecule is CC(F)c1cccc([C@@H](C)NC(=O)c2cn(C34CC(C3)C4)c(=O)cc2NC23CC(C)(C2)C3)c1F. The van der Waals surface area contributed by atoms with Gasteiger partial charge in [-0.25, -0.2) is 8.78 Å². The highest BCUT2D eigenvalue weighted by Gasteiger charge is 2.65. The average Bonchev–Trinajstić information content (AvgIpc) is 2.65. The fourth-order valence-corrected chi connectivity index (χ4v) is 7.19. The van der Waals surface area contributed by atoms with Crippen molar-refractivity contribution in [3.63, 3.8) is 0 Å². The number of alkyl halides is 1. The molecule has 7 heteroatoms. The highest BCUT2D eigenvalue weighted by Crippen LogP contribution is 2.68. The van der Waals surface area contributed by atoms with E-state index in [1.807, 2.05) is 0 Å². The van der Waals surface area contributed by atoms with Gasteiger partial charge in [-0.05, 0) is 63.7 Å². The minimum atomic E-state index is -1.44. The van der Waals surface area contributed by atoms with E-state index in [1.54, 1.807) is 35.9 Å². The largest absolute Gasteiger partial charge is 0.379 e. The van der Waals surface area contributed by atoms with Crippen molar-refractivity contribution in [2.24, 2.45) is 11.3 Å². The number of nitrogens with zero attached hydrogens (tertiary/aromatic N) is 1. The first-order valence-corrected chi connectivity index (χ1v) is 12.3. The number of halogens is 2. The van der Waals surface area contributed by atoms with Gasteiger partial charge in [-0.2, -0.15) is 0 Å². The topological polar surface area (TPSA) is 63.1 Å². The molecule has 1 unspecified atom stereocenters. The van der Waals surface area contributed by atoms with Crippen LogP contribution in [-0.4, -0.2) is 16.0 Å². The molecule has 1 heterocycles. The number of carbonyl (C=O) groups is 1. The third-order valence-corrected chi connectivity index (χ3v) is 8.81. The molecule has 4 bridgehead atoms. The molecular formula is C27H31F2N3O2. The van der Waals surface area contributed by atoms with Crippen molar-refractivity contribution in [3.05, 3.63) is 63.3 Å². The molecule has 0 radical (unpaired) electrons. The number of nitrogens with one attached hydrogen (secondary N) is 2. The van der Waals surface area contributed by atoms with Gasteiger partial charge in [-0.3, -0.25) is 9.59 Å². The Labute approximate surface area is 197 Å². The van der Waals surface area contributed by atoms with Gasteiger partial charge in [0.1, 0.15) is 12.0 Å². The summed E-state index contributed by atoms with van der Waals surface area (Å²) in [5.41, 5.74) is 1.28. The lowest BCUT2D eigenvalue weighted by Gasteiger charge is -2.70. The van der Waals surface area contributed by atoms with E-state index in [0.717, 1.165) is 38.5 Å². The van der Waals surface area contributed by atoms with E-state index >= 15 is 0 Å². The van der Waals surface area contributed by atoms with Crippen molar-refractivity contribution in [2.45, 2.75) is 82.6 Å². The Morgan fingerprint density at radius 1 is 1.15 bits per heavy atom. The molecule has 0 saturated heterocycles. The second kappa shape index (κ2) is 6.92. The van der Waals surface area contributed by atoms with Crippen LogP contribution in [0.4, 0.5) is 14.5 Å². The van der Waals surface area contributed by atoms with Gasteiger partial charge in [0, 0.05) is 34.5 Å².